The van der Waals surface area contributed by atoms with Crippen LogP contribution in [0.4, 0.5) is 0 Å². The summed E-state index contributed by atoms with van der Waals surface area (Å²) in [6.07, 6.45) is 2.33. The summed E-state index contributed by atoms with van der Waals surface area (Å²) in [6.45, 7) is 4.74. The van der Waals surface area contributed by atoms with Gasteiger partial charge in [-0.3, -0.25) is 4.79 Å². The van der Waals surface area contributed by atoms with Crippen LogP contribution < -0.4 is 10.3 Å². The second-order valence-electron chi connectivity index (χ2n) is 3.41. The highest BCUT2D eigenvalue weighted by molar-refractivity contribution is 6.31. The predicted molar refractivity (Wildman–Crippen MR) is 54.8 cm³/mol. The summed E-state index contributed by atoms with van der Waals surface area (Å²) >= 11 is 5.70. The Labute approximate surface area is 87.2 Å². The van der Waals surface area contributed by atoms with E-state index in [0.29, 0.717) is 18.3 Å². The first-order valence-corrected chi connectivity index (χ1v) is 4.85. The van der Waals surface area contributed by atoms with Crippen molar-refractivity contribution in [2.45, 2.75) is 20.3 Å². The van der Waals surface area contributed by atoms with Gasteiger partial charge in [0.1, 0.15) is 0 Å². The minimum atomic E-state index is -0.422. The normalized spacial score (nSPS) is 10.6. The number of aromatic amines is 1. The molecule has 0 spiro atoms. The second kappa shape index (κ2) is 5.00. The van der Waals surface area contributed by atoms with Gasteiger partial charge in [0, 0.05) is 0 Å². The maximum Gasteiger partial charge on any atom is 0.286 e. The van der Waals surface area contributed by atoms with Crippen LogP contribution >= 0.6 is 11.6 Å². The lowest BCUT2D eigenvalue weighted by molar-refractivity contribution is 0.288. The summed E-state index contributed by atoms with van der Waals surface area (Å²) in [6, 6.07) is 0. The van der Waals surface area contributed by atoms with Crippen LogP contribution in [0.2, 0.25) is 5.02 Å². The topological polar surface area (TPSA) is 55.0 Å². The average Bonchev–Trinajstić information content (AvgIpc) is 2.12. The third-order valence-corrected chi connectivity index (χ3v) is 2.07. The van der Waals surface area contributed by atoms with Crippen LogP contribution in [-0.2, 0) is 0 Å². The van der Waals surface area contributed by atoms with Crippen molar-refractivity contribution >= 4 is 11.6 Å². The summed E-state index contributed by atoms with van der Waals surface area (Å²) in [7, 11) is 0. The molecule has 78 valence electrons. The van der Waals surface area contributed by atoms with Crippen molar-refractivity contribution < 1.29 is 4.74 Å². The molecule has 1 N–H and O–H groups in total. The number of nitrogens with one attached hydrogen (secondary N) is 1. The summed E-state index contributed by atoms with van der Waals surface area (Å²) in [5, 5.41) is 5.88. The molecule has 1 aromatic rings. The predicted octanol–water partition coefficient (Wildman–Crippen LogP) is 1.85. The van der Waals surface area contributed by atoms with E-state index in [1.54, 1.807) is 0 Å². The number of hydrogen-bond acceptors (Lipinski definition) is 3. The first kappa shape index (κ1) is 11.0. The number of aromatic nitrogens is 2. The average molecular weight is 217 g/mol. The van der Waals surface area contributed by atoms with Crippen LogP contribution in [0.25, 0.3) is 0 Å². The maximum atomic E-state index is 11.0. The van der Waals surface area contributed by atoms with Crippen molar-refractivity contribution in [3.05, 3.63) is 21.6 Å². The quantitative estimate of drug-likeness (QED) is 0.836. The van der Waals surface area contributed by atoms with E-state index in [0.717, 1.165) is 6.42 Å². The molecule has 0 aromatic carbocycles. The Morgan fingerprint density at radius 2 is 2.36 bits per heavy atom. The van der Waals surface area contributed by atoms with E-state index < -0.39 is 5.56 Å². The van der Waals surface area contributed by atoms with Crippen LogP contribution in [0.3, 0.4) is 0 Å². The van der Waals surface area contributed by atoms with E-state index in [1.807, 2.05) is 0 Å². The molecular formula is C9H13ClN2O2. The third kappa shape index (κ3) is 3.03. The van der Waals surface area contributed by atoms with E-state index in [9.17, 15) is 4.79 Å². The number of H-pyrrole nitrogens is 1. The molecule has 1 heterocycles. The molecule has 1 rings (SSSR count). The minimum absolute atomic E-state index is 0.0590. The molecule has 0 fully saturated rings. The molecule has 0 unspecified atom stereocenters. The van der Waals surface area contributed by atoms with Gasteiger partial charge >= 0.3 is 0 Å². The molecule has 5 heteroatoms. The van der Waals surface area contributed by atoms with E-state index >= 15 is 0 Å². The van der Waals surface area contributed by atoms with Gasteiger partial charge in [-0.15, -0.1) is 0 Å². The largest absolute Gasteiger partial charge is 0.490 e. The van der Waals surface area contributed by atoms with Crippen molar-refractivity contribution in [2.24, 2.45) is 5.92 Å². The fourth-order valence-electron chi connectivity index (χ4n) is 0.872. The highest BCUT2D eigenvalue weighted by atomic mass is 35.5. The maximum absolute atomic E-state index is 11.0. The van der Waals surface area contributed by atoms with E-state index in [4.69, 9.17) is 16.3 Å². The van der Waals surface area contributed by atoms with Crippen LogP contribution in [-0.4, -0.2) is 16.8 Å². The zero-order valence-electron chi connectivity index (χ0n) is 8.21. The summed E-state index contributed by atoms with van der Waals surface area (Å²) in [5.41, 5.74) is -0.422. The highest BCUT2D eigenvalue weighted by Gasteiger charge is 2.05. The zero-order valence-corrected chi connectivity index (χ0v) is 8.97. The Bertz CT molecular complexity index is 349. The molecule has 0 aliphatic rings. The number of hydrogen-bond donors (Lipinski definition) is 1. The van der Waals surface area contributed by atoms with Crippen molar-refractivity contribution in [3.8, 4) is 5.75 Å². The van der Waals surface area contributed by atoms with Crippen molar-refractivity contribution in [1.29, 1.82) is 0 Å². The molecule has 14 heavy (non-hydrogen) atoms. The minimum Gasteiger partial charge on any atom is -0.490 e. The fraction of sp³-hybridized carbons (Fsp3) is 0.556. The van der Waals surface area contributed by atoms with Crippen LogP contribution in [0, 0.1) is 5.92 Å². The van der Waals surface area contributed by atoms with Gasteiger partial charge in [0.05, 0.1) is 12.8 Å². The standard InChI is InChI=1S/C9H13ClN2O2/c1-6(2)3-4-14-7-5-11-12-9(13)8(7)10/h5-6H,3-4H2,1-2H3,(H,12,13). The van der Waals surface area contributed by atoms with E-state index in [2.05, 4.69) is 24.0 Å². The lowest BCUT2D eigenvalue weighted by Crippen LogP contribution is -2.11. The first-order chi connectivity index (χ1) is 6.61. The molecule has 0 saturated carbocycles. The van der Waals surface area contributed by atoms with Gasteiger partial charge in [-0.2, -0.15) is 5.10 Å². The van der Waals surface area contributed by atoms with E-state index in [-0.39, 0.29) is 5.02 Å². The molecule has 4 nitrogen and oxygen atoms in total. The lowest BCUT2D eigenvalue weighted by atomic mass is 10.1. The molecule has 0 aliphatic heterocycles. The Morgan fingerprint density at radius 3 is 3.00 bits per heavy atom. The van der Waals surface area contributed by atoms with Crippen molar-refractivity contribution in [2.75, 3.05) is 6.61 Å². The lowest BCUT2D eigenvalue weighted by Gasteiger charge is -2.07. The van der Waals surface area contributed by atoms with Gasteiger partial charge in [-0.25, -0.2) is 5.10 Å². The molecular weight excluding hydrogens is 204 g/mol. The SMILES string of the molecule is CC(C)CCOc1cn[nH]c(=O)c1Cl. The molecule has 0 bridgehead atoms. The van der Waals surface area contributed by atoms with Gasteiger partial charge in [0.15, 0.2) is 10.8 Å². The van der Waals surface area contributed by atoms with Gasteiger partial charge in [-0.1, -0.05) is 25.4 Å². The number of ether oxygens (including phenoxy) is 1. The Balaban J connectivity index is 2.59. The summed E-state index contributed by atoms with van der Waals surface area (Å²) < 4.78 is 5.31. The monoisotopic (exact) mass is 216 g/mol. The number of halogens is 1. The third-order valence-electron chi connectivity index (χ3n) is 1.72. The Hall–Kier alpha value is -1.03. The molecule has 0 amide bonds. The van der Waals surface area contributed by atoms with Gasteiger partial charge in [0.25, 0.3) is 5.56 Å². The van der Waals surface area contributed by atoms with Crippen LogP contribution in [0.5, 0.6) is 5.75 Å². The van der Waals surface area contributed by atoms with Gasteiger partial charge in [0.2, 0.25) is 0 Å². The summed E-state index contributed by atoms with van der Waals surface area (Å²) in [5.74, 6) is 0.903. The Kier molecular flexibility index (Phi) is 3.95. The second-order valence-corrected chi connectivity index (χ2v) is 3.79. The highest BCUT2D eigenvalue weighted by Crippen LogP contribution is 2.17. The zero-order chi connectivity index (χ0) is 10.6. The molecule has 0 atom stereocenters. The molecule has 1 aromatic heterocycles. The number of nitrogens with zero attached hydrogens (tertiary/aromatic N) is 1. The summed E-state index contributed by atoms with van der Waals surface area (Å²) in [4.78, 5) is 11.0. The van der Waals surface area contributed by atoms with Crippen LogP contribution in [0.1, 0.15) is 20.3 Å². The van der Waals surface area contributed by atoms with Crippen molar-refractivity contribution in [3.63, 3.8) is 0 Å². The Morgan fingerprint density at radius 1 is 1.64 bits per heavy atom. The molecule has 0 aliphatic carbocycles. The smallest absolute Gasteiger partial charge is 0.286 e. The van der Waals surface area contributed by atoms with Gasteiger partial charge < -0.3 is 4.74 Å². The first-order valence-electron chi connectivity index (χ1n) is 4.47. The van der Waals surface area contributed by atoms with E-state index in [1.165, 1.54) is 6.20 Å². The fourth-order valence-corrected chi connectivity index (χ4v) is 1.02. The number of rotatable bonds is 4. The van der Waals surface area contributed by atoms with Crippen LogP contribution in [0.15, 0.2) is 11.0 Å². The molecule has 0 radical (unpaired) electrons. The van der Waals surface area contributed by atoms with Gasteiger partial charge in [-0.05, 0) is 12.3 Å². The van der Waals surface area contributed by atoms with Crippen molar-refractivity contribution in [1.82, 2.24) is 10.2 Å². The molecule has 0 saturated heterocycles.